The summed E-state index contributed by atoms with van der Waals surface area (Å²) < 4.78 is 16.4. The molecule has 0 bridgehead atoms. The third kappa shape index (κ3) is 8.13. The topological polar surface area (TPSA) is 135 Å². The third-order valence-electron chi connectivity index (χ3n) is 6.34. The number of para-hydroxylation sites is 1. The Hall–Kier alpha value is -4.73. The van der Waals surface area contributed by atoms with Crippen molar-refractivity contribution in [3.8, 4) is 11.5 Å². The number of nitrogens with zero attached hydrogens (tertiary/aromatic N) is 1. The number of fused-ring (bicyclic) bond motifs is 1. The first kappa shape index (κ1) is 28.3. The zero-order chi connectivity index (χ0) is 28.3. The van der Waals surface area contributed by atoms with Crippen molar-refractivity contribution in [2.45, 2.75) is 38.4 Å². The molecule has 10 nitrogen and oxygen atoms in total. The summed E-state index contributed by atoms with van der Waals surface area (Å²) >= 11 is 0. The standard InChI is InChI=1S/C30H32N2O8/c33-26(34)13-7-18-32-20-27(40-30(36)37)39-28-24(11-6-12-25(28)32)31-29(35)22-14-16-23(17-15-22)38-19-5-4-10-21-8-2-1-3-9-21/h1-3,6,8-9,11-12,14-17,27H,4-5,7,10,13,18-20H2,(H,31,35)(H,33,34)(H,36,37)/t27-/m0/s1. The third-order valence-corrected chi connectivity index (χ3v) is 6.34. The Morgan fingerprint density at radius 2 is 1.70 bits per heavy atom. The summed E-state index contributed by atoms with van der Waals surface area (Å²) in [5, 5.41) is 20.9. The van der Waals surface area contributed by atoms with Crippen LogP contribution in [0.5, 0.6) is 11.5 Å². The lowest BCUT2D eigenvalue weighted by Gasteiger charge is -2.36. The van der Waals surface area contributed by atoms with Gasteiger partial charge in [-0.15, -0.1) is 0 Å². The molecule has 0 spiro atoms. The number of aliphatic carboxylic acids is 1. The number of benzene rings is 3. The number of hydrogen-bond donors (Lipinski definition) is 3. The minimum Gasteiger partial charge on any atom is -0.494 e. The van der Waals surface area contributed by atoms with Gasteiger partial charge in [0.1, 0.15) is 5.75 Å². The highest BCUT2D eigenvalue weighted by molar-refractivity contribution is 6.05. The summed E-state index contributed by atoms with van der Waals surface area (Å²) in [6.07, 6.45) is 0.586. The summed E-state index contributed by atoms with van der Waals surface area (Å²) in [5.74, 6) is -0.390. The molecule has 3 N–H and O–H groups in total. The molecule has 0 fully saturated rings. The largest absolute Gasteiger partial charge is 0.508 e. The highest BCUT2D eigenvalue weighted by Gasteiger charge is 2.30. The molecule has 1 aliphatic rings. The molecular formula is C30H32N2O8. The first-order valence-corrected chi connectivity index (χ1v) is 13.1. The van der Waals surface area contributed by atoms with Gasteiger partial charge in [-0.2, -0.15) is 0 Å². The fourth-order valence-corrected chi connectivity index (χ4v) is 4.41. The van der Waals surface area contributed by atoms with Crippen LogP contribution in [0.3, 0.4) is 0 Å². The van der Waals surface area contributed by atoms with Gasteiger partial charge in [0.2, 0.25) is 0 Å². The van der Waals surface area contributed by atoms with Gasteiger partial charge in [0, 0.05) is 18.5 Å². The maximum absolute atomic E-state index is 13.0. The second kappa shape index (κ2) is 13.9. The number of carboxylic acid groups (broad SMARTS) is 2. The fraction of sp³-hybridized carbons (Fsp3) is 0.300. The molecule has 0 radical (unpaired) electrons. The van der Waals surface area contributed by atoms with Gasteiger partial charge in [0.25, 0.3) is 12.2 Å². The van der Waals surface area contributed by atoms with Crippen LogP contribution in [0.4, 0.5) is 16.2 Å². The highest BCUT2D eigenvalue weighted by Crippen LogP contribution is 2.40. The van der Waals surface area contributed by atoms with Crippen molar-refractivity contribution in [2.75, 3.05) is 29.9 Å². The minimum absolute atomic E-state index is 0.0407. The molecule has 4 rings (SSSR count). The van der Waals surface area contributed by atoms with E-state index in [1.807, 2.05) is 18.2 Å². The highest BCUT2D eigenvalue weighted by atomic mass is 16.8. The van der Waals surface area contributed by atoms with E-state index in [-0.39, 0.29) is 24.6 Å². The van der Waals surface area contributed by atoms with Crippen LogP contribution in [0.2, 0.25) is 0 Å². The van der Waals surface area contributed by atoms with Crippen LogP contribution in [-0.4, -0.2) is 54.2 Å². The van der Waals surface area contributed by atoms with E-state index in [2.05, 4.69) is 17.4 Å². The Labute approximate surface area is 232 Å². The molecule has 3 aromatic rings. The van der Waals surface area contributed by atoms with E-state index >= 15 is 0 Å². The quantitative estimate of drug-likeness (QED) is 0.189. The number of ether oxygens (including phenoxy) is 3. The molecular weight excluding hydrogens is 516 g/mol. The first-order chi connectivity index (χ1) is 19.4. The molecule has 3 aromatic carbocycles. The number of nitrogens with one attached hydrogen (secondary N) is 1. The number of rotatable bonds is 13. The van der Waals surface area contributed by atoms with Gasteiger partial charge in [0.15, 0.2) is 5.75 Å². The molecule has 1 heterocycles. The van der Waals surface area contributed by atoms with E-state index in [9.17, 15) is 14.4 Å². The maximum Gasteiger partial charge on any atom is 0.508 e. The second-order valence-corrected chi connectivity index (χ2v) is 9.30. The van der Waals surface area contributed by atoms with Gasteiger partial charge < -0.3 is 34.6 Å². The normalized spacial score (nSPS) is 14.0. The average molecular weight is 549 g/mol. The van der Waals surface area contributed by atoms with E-state index in [1.165, 1.54) is 5.56 Å². The predicted octanol–water partition coefficient (Wildman–Crippen LogP) is 5.42. The average Bonchev–Trinajstić information content (AvgIpc) is 2.93. The van der Waals surface area contributed by atoms with Crippen molar-refractivity contribution < 1.29 is 38.8 Å². The minimum atomic E-state index is -1.50. The number of carboxylic acids is 1. The molecule has 10 heteroatoms. The zero-order valence-electron chi connectivity index (χ0n) is 22.0. The van der Waals surface area contributed by atoms with Crippen molar-refractivity contribution in [1.82, 2.24) is 0 Å². The lowest BCUT2D eigenvalue weighted by Crippen LogP contribution is -2.43. The first-order valence-electron chi connectivity index (χ1n) is 13.1. The molecule has 0 aliphatic carbocycles. The molecule has 1 amide bonds. The molecule has 0 unspecified atom stereocenters. The number of unbranched alkanes of at least 4 members (excludes halogenated alkanes) is 1. The van der Waals surface area contributed by atoms with Crippen LogP contribution < -0.4 is 19.7 Å². The van der Waals surface area contributed by atoms with Crippen LogP contribution in [0.1, 0.15) is 41.6 Å². The molecule has 1 atom stereocenters. The summed E-state index contributed by atoms with van der Waals surface area (Å²) in [6.45, 7) is 1.01. The van der Waals surface area contributed by atoms with Crippen LogP contribution in [0.15, 0.2) is 72.8 Å². The molecule has 210 valence electrons. The Morgan fingerprint density at radius 3 is 2.42 bits per heavy atom. The van der Waals surface area contributed by atoms with E-state index in [4.69, 9.17) is 24.4 Å². The number of aryl methyl sites for hydroxylation is 1. The zero-order valence-corrected chi connectivity index (χ0v) is 22.0. The van der Waals surface area contributed by atoms with Crippen molar-refractivity contribution in [3.63, 3.8) is 0 Å². The van der Waals surface area contributed by atoms with Gasteiger partial charge in [-0.1, -0.05) is 36.4 Å². The smallest absolute Gasteiger partial charge is 0.494 e. The van der Waals surface area contributed by atoms with Gasteiger partial charge in [-0.3, -0.25) is 9.59 Å². The lowest BCUT2D eigenvalue weighted by molar-refractivity contribution is -0.137. The van der Waals surface area contributed by atoms with Crippen LogP contribution in [-0.2, 0) is 16.0 Å². The van der Waals surface area contributed by atoms with Gasteiger partial charge >= 0.3 is 12.1 Å². The summed E-state index contributed by atoms with van der Waals surface area (Å²) in [6, 6.07) is 22.2. The van der Waals surface area contributed by atoms with Crippen molar-refractivity contribution >= 4 is 29.4 Å². The second-order valence-electron chi connectivity index (χ2n) is 9.30. The number of hydrogen-bond acceptors (Lipinski definition) is 7. The number of carbonyl (C=O) groups is 3. The summed E-state index contributed by atoms with van der Waals surface area (Å²) in [7, 11) is 0. The van der Waals surface area contributed by atoms with E-state index < -0.39 is 18.4 Å². The number of carbonyl (C=O) groups excluding carboxylic acids is 1. The number of anilines is 2. The van der Waals surface area contributed by atoms with E-state index in [0.29, 0.717) is 42.3 Å². The maximum atomic E-state index is 13.0. The molecule has 0 saturated carbocycles. The lowest BCUT2D eigenvalue weighted by atomic mass is 10.1. The fourth-order valence-electron chi connectivity index (χ4n) is 4.41. The molecule has 1 aliphatic heterocycles. The van der Waals surface area contributed by atoms with Gasteiger partial charge in [0.05, 0.1) is 24.5 Å². The Balaban J connectivity index is 1.36. The molecule has 40 heavy (non-hydrogen) atoms. The molecule has 0 saturated heterocycles. The summed E-state index contributed by atoms with van der Waals surface area (Å²) in [4.78, 5) is 36.9. The monoisotopic (exact) mass is 548 g/mol. The van der Waals surface area contributed by atoms with Gasteiger partial charge in [-0.05, 0) is 67.6 Å². The van der Waals surface area contributed by atoms with Gasteiger partial charge in [-0.25, -0.2) is 4.79 Å². The van der Waals surface area contributed by atoms with E-state index in [0.717, 1.165) is 19.3 Å². The predicted molar refractivity (Wildman–Crippen MR) is 148 cm³/mol. The van der Waals surface area contributed by atoms with Crippen LogP contribution in [0, 0.1) is 0 Å². The van der Waals surface area contributed by atoms with Crippen molar-refractivity contribution in [2.24, 2.45) is 0 Å². The van der Waals surface area contributed by atoms with Crippen LogP contribution >= 0.6 is 0 Å². The number of amides is 1. The van der Waals surface area contributed by atoms with Crippen molar-refractivity contribution in [1.29, 1.82) is 0 Å². The summed E-state index contributed by atoms with van der Waals surface area (Å²) in [5.41, 5.74) is 2.65. The van der Waals surface area contributed by atoms with Crippen molar-refractivity contribution in [3.05, 3.63) is 83.9 Å². The van der Waals surface area contributed by atoms with E-state index in [1.54, 1.807) is 47.4 Å². The Kier molecular flexibility index (Phi) is 9.82. The Bertz CT molecular complexity index is 1300. The van der Waals surface area contributed by atoms with Crippen LogP contribution in [0.25, 0.3) is 0 Å². The molecule has 0 aromatic heterocycles. The SMILES string of the molecule is O=C(O)CCCN1C[C@H](OC(=O)O)Oc2c(NC(=O)c3ccc(OCCCCc4ccccc4)cc3)cccc21. The Morgan fingerprint density at radius 1 is 0.925 bits per heavy atom.